The van der Waals surface area contributed by atoms with Crippen molar-refractivity contribution in [2.24, 2.45) is 5.41 Å². The van der Waals surface area contributed by atoms with Gasteiger partial charge < -0.3 is 9.72 Å². The molecule has 0 aromatic carbocycles. The first-order valence-corrected chi connectivity index (χ1v) is 10.6. The van der Waals surface area contributed by atoms with Gasteiger partial charge in [0, 0.05) is 0 Å². The van der Waals surface area contributed by atoms with Crippen LogP contribution in [0.5, 0.6) is 0 Å². The average molecular weight is 385 g/mol. The molecular weight excluding hydrogens is 348 g/mol. The normalized spacial score (nSPS) is 17.4. The molecule has 1 N–H and O–H groups in total. The van der Waals surface area contributed by atoms with E-state index >= 15 is 0 Å². The molecular formula is C24H36N2O2. The maximum atomic E-state index is 12.1. The summed E-state index contributed by atoms with van der Waals surface area (Å²) in [4.78, 5) is 19.3. The number of hydrogen-bond acceptors (Lipinski definition) is 3. The summed E-state index contributed by atoms with van der Waals surface area (Å²) in [6.45, 7) is 11.6. The molecule has 1 aromatic heterocycles. The second kappa shape index (κ2) is 10.4. The lowest BCUT2D eigenvalue weighted by atomic mass is 9.72. The van der Waals surface area contributed by atoms with Crippen molar-refractivity contribution in [3.63, 3.8) is 0 Å². The third-order valence-electron chi connectivity index (χ3n) is 5.46. The summed E-state index contributed by atoms with van der Waals surface area (Å²) >= 11 is 0. The second-order valence-corrected chi connectivity index (χ2v) is 8.54. The monoisotopic (exact) mass is 384 g/mol. The van der Waals surface area contributed by atoms with Crippen molar-refractivity contribution in [2.45, 2.75) is 79.6 Å². The molecule has 0 atom stereocenters. The number of carbonyl (C=O) groups is 1. The summed E-state index contributed by atoms with van der Waals surface area (Å²) in [5.74, 6) is -0.112. The first kappa shape index (κ1) is 22.2. The molecule has 1 aliphatic carbocycles. The molecule has 4 nitrogen and oxygen atoms in total. The fraction of sp³-hybridized carbons (Fsp3) is 0.583. The number of carbonyl (C=O) groups excluding carboxylic acids is 1. The number of aromatic amines is 1. The molecule has 0 saturated carbocycles. The summed E-state index contributed by atoms with van der Waals surface area (Å²) < 4.78 is 5.28. The standard InChI is InChI=1S/C24H36N2O2/c1-6-7-8-9-15-28-23(27)22-25-17-20(26-22)16-18(2)12-13-21-19(3)11-10-14-24(21,4)5/h12-13,16-17H,6-11,14-15H2,1-5H3,(H,25,26)/b13-12+,18-16+. The van der Waals surface area contributed by atoms with Crippen molar-refractivity contribution in [3.05, 3.63) is 46.6 Å². The van der Waals surface area contributed by atoms with E-state index in [1.807, 2.05) is 6.08 Å². The van der Waals surface area contributed by atoms with Crippen molar-refractivity contribution in [1.82, 2.24) is 9.97 Å². The predicted molar refractivity (Wildman–Crippen MR) is 116 cm³/mol. The summed E-state index contributed by atoms with van der Waals surface area (Å²) in [5, 5.41) is 0. The maximum Gasteiger partial charge on any atom is 0.374 e. The molecule has 0 amide bonds. The van der Waals surface area contributed by atoms with E-state index in [2.05, 4.69) is 56.7 Å². The van der Waals surface area contributed by atoms with Crippen LogP contribution < -0.4 is 0 Å². The number of nitrogens with zero attached hydrogens (tertiary/aromatic N) is 1. The van der Waals surface area contributed by atoms with Crippen LogP contribution in [0.2, 0.25) is 0 Å². The lowest BCUT2D eigenvalue weighted by molar-refractivity contribution is 0.0484. The van der Waals surface area contributed by atoms with Gasteiger partial charge in [0.15, 0.2) is 0 Å². The lowest BCUT2D eigenvalue weighted by Gasteiger charge is -2.32. The first-order valence-electron chi connectivity index (χ1n) is 10.6. The number of aromatic nitrogens is 2. The molecule has 28 heavy (non-hydrogen) atoms. The van der Waals surface area contributed by atoms with Gasteiger partial charge in [-0.05, 0) is 62.2 Å². The van der Waals surface area contributed by atoms with Gasteiger partial charge in [-0.25, -0.2) is 9.78 Å². The molecule has 2 rings (SSSR count). The van der Waals surface area contributed by atoms with Crippen molar-refractivity contribution in [1.29, 1.82) is 0 Å². The zero-order chi connectivity index (χ0) is 20.6. The summed E-state index contributed by atoms with van der Waals surface area (Å²) in [7, 11) is 0. The van der Waals surface area contributed by atoms with Gasteiger partial charge in [0.2, 0.25) is 5.82 Å². The molecule has 0 fully saturated rings. The third-order valence-corrected chi connectivity index (χ3v) is 5.46. The van der Waals surface area contributed by atoms with E-state index in [1.54, 1.807) is 6.20 Å². The van der Waals surface area contributed by atoms with Crippen LogP contribution in [0.4, 0.5) is 0 Å². The lowest BCUT2D eigenvalue weighted by Crippen LogP contribution is -2.19. The molecule has 0 aliphatic heterocycles. The van der Waals surface area contributed by atoms with Gasteiger partial charge in [0.05, 0.1) is 18.5 Å². The Hall–Kier alpha value is -2.10. The van der Waals surface area contributed by atoms with E-state index < -0.39 is 0 Å². The average Bonchev–Trinajstić information content (AvgIpc) is 3.09. The highest BCUT2D eigenvalue weighted by atomic mass is 16.5. The van der Waals surface area contributed by atoms with Gasteiger partial charge in [-0.15, -0.1) is 0 Å². The zero-order valence-electron chi connectivity index (χ0n) is 18.2. The highest BCUT2D eigenvalue weighted by Gasteiger charge is 2.26. The van der Waals surface area contributed by atoms with Crippen LogP contribution in [-0.4, -0.2) is 22.5 Å². The van der Waals surface area contributed by atoms with Crippen LogP contribution in [0.1, 0.15) is 95.9 Å². The van der Waals surface area contributed by atoms with E-state index in [0.29, 0.717) is 6.61 Å². The van der Waals surface area contributed by atoms with Crippen LogP contribution in [0, 0.1) is 5.41 Å². The minimum absolute atomic E-state index is 0.237. The minimum Gasteiger partial charge on any atom is -0.460 e. The van der Waals surface area contributed by atoms with Gasteiger partial charge in [-0.1, -0.05) is 57.8 Å². The van der Waals surface area contributed by atoms with Crippen LogP contribution in [-0.2, 0) is 4.74 Å². The molecule has 1 heterocycles. The number of imidazole rings is 1. The van der Waals surface area contributed by atoms with E-state index in [0.717, 1.165) is 24.1 Å². The molecule has 1 aliphatic rings. The number of hydrogen-bond donors (Lipinski definition) is 1. The Balaban J connectivity index is 1.95. The Labute approximate surface area is 170 Å². The van der Waals surface area contributed by atoms with Gasteiger partial charge >= 0.3 is 5.97 Å². The predicted octanol–water partition coefficient (Wildman–Crippen LogP) is 6.63. The molecule has 0 unspecified atom stereocenters. The molecule has 4 heteroatoms. The maximum absolute atomic E-state index is 12.1. The molecule has 154 valence electrons. The quantitative estimate of drug-likeness (QED) is 0.295. The molecule has 0 saturated heterocycles. The van der Waals surface area contributed by atoms with E-state index in [-0.39, 0.29) is 17.2 Å². The van der Waals surface area contributed by atoms with Gasteiger partial charge in [0.1, 0.15) is 0 Å². The molecule has 1 aromatic rings. The van der Waals surface area contributed by atoms with Crippen molar-refractivity contribution >= 4 is 12.0 Å². The Morgan fingerprint density at radius 2 is 2.11 bits per heavy atom. The van der Waals surface area contributed by atoms with Gasteiger partial charge in [0.25, 0.3) is 0 Å². The van der Waals surface area contributed by atoms with Gasteiger partial charge in [-0.3, -0.25) is 0 Å². The number of unbranched alkanes of at least 4 members (excludes halogenated alkanes) is 3. The summed E-state index contributed by atoms with van der Waals surface area (Å²) in [6.07, 6.45) is 16.1. The molecule has 0 bridgehead atoms. The number of H-pyrrole nitrogens is 1. The van der Waals surface area contributed by atoms with Gasteiger partial charge in [-0.2, -0.15) is 0 Å². The SMILES string of the molecule is CCCCCCOC(=O)c1ncc(/C=C(C)/C=C/C2=C(C)CCCC2(C)C)[nH]1. The van der Waals surface area contributed by atoms with E-state index in [9.17, 15) is 4.79 Å². The minimum atomic E-state index is -0.380. The highest BCUT2D eigenvalue weighted by Crippen LogP contribution is 2.40. The topological polar surface area (TPSA) is 55.0 Å². The fourth-order valence-corrected chi connectivity index (χ4v) is 3.79. The zero-order valence-corrected chi connectivity index (χ0v) is 18.2. The largest absolute Gasteiger partial charge is 0.460 e. The Kier molecular flexibility index (Phi) is 8.28. The second-order valence-electron chi connectivity index (χ2n) is 8.54. The number of esters is 1. The third kappa shape index (κ3) is 6.50. The Bertz CT molecular complexity index is 750. The number of nitrogens with one attached hydrogen (secondary N) is 1. The van der Waals surface area contributed by atoms with Crippen molar-refractivity contribution < 1.29 is 9.53 Å². The van der Waals surface area contributed by atoms with Crippen molar-refractivity contribution in [2.75, 3.05) is 6.61 Å². The van der Waals surface area contributed by atoms with E-state index in [4.69, 9.17) is 4.74 Å². The van der Waals surface area contributed by atoms with Crippen LogP contribution in [0.15, 0.2) is 35.1 Å². The Morgan fingerprint density at radius 3 is 2.82 bits per heavy atom. The summed E-state index contributed by atoms with van der Waals surface area (Å²) in [6, 6.07) is 0. The fourth-order valence-electron chi connectivity index (χ4n) is 3.79. The molecule has 0 spiro atoms. The van der Waals surface area contributed by atoms with Crippen LogP contribution in [0.25, 0.3) is 6.08 Å². The number of allylic oxidation sites excluding steroid dienone is 5. The van der Waals surface area contributed by atoms with E-state index in [1.165, 1.54) is 43.3 Å². The van der Waals surface area contributed by atoms with Crippen LogP contribution in [0.3, 0.4) is 0 Å². The first-order chi connectivity index (χ1) is 13.3. The smallest absolute Gasteiger partial charge is 0.374 e. The van der Waals surface area contributed by atoms with Crippen LogP contribution >= 0.6 is 0 Å². The molecule has 0 radical (unpaired) electrons. The van der Waals surface area contributed by atoms with Crippen molar-refractivity contribution in [3.8, 4) is 0 Å². The Morgan fingerprint density at radius 1 is 1.32 bits per heavy atom. The summed E-state index contributed by atoms with van der Waals surface area (Å²) in [5.41, 5.74) is 5.11. The number of rotatable bonds is 9. The highest BCUT2D eigenvalue weighted by molar-refractivity contribution is 5.85. The number of ether oxygens (including phenoxy) is 1.